The zero-order chi connectivity index (χ0) is 9.90. The van der Waals surface area contributed by atoms with E-state index in [1.165, 1.54) is 13.0 Å². The molecule has 1 amide bonds. The van der Waals surface area contributed by atoms with Crippen molar-refractivity contribution in [2.45, 2.75) is 19.8 Å². The Labute approximate surface area is 77.4 Å². The topological polar surface area (TPSA) is 63.2 Å². The molecule has 1 N–H and O–H groups in total. The first kappa shape index (κ1) is 9.98. The number of hydrogen-bond donors (Lipinski definition) is 1. The van der Waals surface area contributed by atoms with Crippen LogP contribution in [-0.4, -0.2) is 14.3 Å². The van der Waals surface area contributed by atoms with Crippen molar-refractivity contribution < 1.29 is 13.2 Å². The van der Waals surface area contributed by atoms with Crippen molar-refractivity contribution in [3.63, 3.8) is 0 Å². The van der Waals surface area contributed by atoms with E-state index in [1.54, 1.807) is 12.2 Å². The third kappa shape index (κ3) is 2.69. The first-order chi connectivity index (χ1) is 6.02. The summed E-state index contributed by atoms with van der Waals surface area (Å²) >= 11 is 0. The maximum absolute atomic E-state index is 11.3. The molecular weight excluding hydrogens is 190 g/mol. The van der Waals surface area contributed by atoms with Crippen molar-refractivity contribution in [2.75, 3.05) is 0 Å². The second kappa shape index (κ2) is 3.74. The molecule has 1 aliphatic rings. The zero-order valence-electron chi connectivity index (χ0n) is 7.28. The number of sulfonamides is 1. The second-order valence-corrected chi connectivity index (χ2v) is 4.43. The van der Waals surface area contributed by atoms with Gasteiger partial charge >= 0.3 is 0 Å². The Balaban J connectivity index is 2.87. The molecule has 1 aliphatic carbocycles. The summed E-state index contributed by atoms with van der Waals surface area (Å²) < 4.78 is 24.6. The lowest BCUT2D eigenvalue weighted by Gasteiger charge is -2.07. The number of nitrogens with one attached hydrogen (secondary N) is 1. The molecule has 0 atom stereocenters. The van der Waals surface area contributed by atoms with Gasteiger partial charge in [-0.05, 0) is 18.9 Å². The average Bonchev–Trinajstić information content (AvgIpc) is 2.04. The summed E-state index contributed by atoms with van der Waals surface area (Å²) in [6.07, 6.45) is 6.43. The number of allylic oxidation sites excluding steroid dienone is 3. The van der Waals surface area contributed by atoms with Crippen LogP contribution < -0.4 is 4.72 Å². The van der Waals surface area contributed by atoms with E-state index in [2.05, 4.69) is 0 Å². The highest BCUT2D eigenvalue weighted by Crippen LogP contribution is 2.14. The quantitative estimate of drug-likeness (QED) is 0.714. The molecule has 0 saturated heterocycles. The Hall–Kier alpha value is -1.10. The van der Waals surface area contributed by atoms with Crippen molar-refractivity contribution in [2.24, 2.45) is 0 Å². The third-order valence-corrected chi connectivity index (χ3v) is 3.03. The highest BCUT2D eigenvalue weighted by Gasteiger charge is 2.16. The van der Waals surface area contributed by atoms with Gasteiger partial charge < -0.3 is 0 Å². The Bertz CT molecular complexity index is 365. The Morgan fingerprint density at radius 3 is 2.62 bits per heavy atom. The standard InChI is InChI=1S/C8H11NO3S/c1-7(10)9-13(11,12)8-5-3-2-4-6-8/h3,5-6H,2,4H2,1H3,(H,9,10). The summed E-state index contributed by atoms with van der Waals surface area (Å²) in [6.45, 7) is 1.17. The molecule has 1 rings (SSSR count). The third-order valence-electron chi connectivity index (χ3n) is 1.55. The molecule has 4 nitrogen and oxygen atoms in total. The van der Waals surface area contributed by atoms with Gasteiger partial charge in [0.15, 0.2) is 0 Å². The SMILES string of the molecule is CC(=O)NS(=O)(=O)C1=CCCC=C1. The number of amides is 1. The van der Waals surface area contributed by atoms with E-state index in [1.807, 2.05) is 4.72 Å². The minimum atomic E-state index is -3.61. The average molecular weight is 201 g/mol. The van der Waals surface area contributed by atoms with E-state index in [-0.39, 0.29) is 4.91 Å². The Morgan fingerprint density at radius 1 is 1.46 bits per heavy atom. The lowest BCUT2D eigenvalue weighted by Crippen LogP contribution is -2.29. The van der Waals surface area contributed by atoms with Crippen molar-refractivity contribution in [1.29, 1.82) is 0 Å². The molecule has 0 radical (unpaired) electrons. The van der Waals surface area contributed by atoms with Crippen LogP contribution in [0.4, 0.5) is 0 Å². The molecule has 0 bridgehead atoms. The highest BCUT2D eigenvalue weighted by atomic mass is 32.2. The Morgan fingerprint density at radius 2 is 2.15 bits per heavy atom. The molecule has 0 saturated carbocycles. The maximum atomic E-state index is 11.3. The van der Waals surface area contributed by atoms with Gasteiger partial charge in [-0.3, -0.25) is 4.79 Å². The van der Waals surface area contributed by atoms with Gasteiger partial charge in [0.05, 0.1) is 4.91 Å². The Kier molecular flexibility index (Phi) is 2.87. The van der Waals surface area contributed by atoms with Crippen LogP contribution in [-0.2, 0) is 14.8 Å². The molecule has 0 aromatic heterocycles. The highest BCUT2D eigenvalue weighted by molar-refractivity contribution is 7.94. The molecule has 0 heterocycles. The first-order valence-electron chi connectivity index (χ1n) is 3.92. The van der Waals surface area contributed by atoms with Gasteiger partial charge in [-0.15, -0.1) is 0 Å². The van der Waals surface area contributed by atoms with Crippen molar-refractivity contribution in [1.82, 2.24) is 4.72 Å². The van der Waals surface area contributed by atoms with Gasteiger partial charge in [-0.25, -0.2) is 13.1 Å². The molecule has 0 aromatic rings. The van der Waals surface area contributed by atoms with E-state index in [0.29, 0.717) is 6.42 Å². The summed E-state index contributed by atoms with van der Waals surface area (Å²) in [5, 5.41) is 0. The number of carbonyl (C=O) groups is 1. The molecule has 0 spiro atoms. The normalized spacial score (nSPS) is 16.5. The fraction of sp³-hybridized carbons (Fsp3) is 0.375. The zero-order valence-corrected chi connectivity index (χ0v) is 8.10. The molecule has 13 heavy (non-hydrogen) atoms. The molecule has 72 valence electrons. The summed E-state index contributed by atoms with van der Waals surface area (Å²) in [7, 11) is -3.61. The van der Waals surface area contributed by atoms with Gasteiger partial charge in [0.25, 0.3) is 10.0 Å². The minimum absolute atomic E-state index is 0.175. The summed E-state index contributed by atoms with van der Waals surface area (Å²) in [6, 6.07) is 0. The van der Waals surface area contributed by atoms with Crippen LogP contribution in [0, 0.1) is 0 Å². The number of hydrogen-bond acceptors (Lipinski definition) is 3. The molecule has 5 heteroatoms. The van der Waals surface area contributed by atoms with Gasteiger partial charge in [-0.1, -0.05) is 12.2 Å². The monoisotopic (exact) mass is 201 g/mol. The largest absolute Gasteiger partial charge is 0.274 e. The predicted molar refractivity (Wildman–Crippen MR) is 49.2 cm³/mol. The summed E-state index contributed by atoms with van der Waals surface area (Å²) in [5.41, 5.74) is 0. The fourth-order valence-corrected chi connectivity index (χ4v) is 2.15. The van der Waals surface area contributed by atoms with Crippen LogP contribution in [0.25, 0.3) is 0 Å². The smallest absolute Gasteiger partial charge is 0.263 e. The van der Waals surface area contributed by atoms with E-state index in [4.69, 9.17) is 0 Å². The minimum Gasteiger partial charge on any atom is -0.274 e. The number of carbonyl (C=O) groups excluding carboxylic acids is 1. The lowest BCUT2D eigenvalue weighted by molar-refractivity contribution is -0.117. The van der Waals surface area contributed by atoms with E-state index in [0.717, 1.165) is 6.42 Å². The van der Waals surface area contributed by atoms with Crippen molar-refractivity contribution in [3.05, 3.63) is 23.1 Å². The van der Waals surface area contributed by atoms with Gasteiger partial charge in [0.1, 0.15) is 0 Å². The van der Waals surface area contributed by atoms with Crippen molar-refractivity contribution >= 4 is 15.9 Å². The maximum Gasteiger partial charge on any atom is 0.263 e. The van der Waals surface area contributed by atoms with Crippen LogP contribution in [0.5, 0.6) is 0 Å². The van der Waals surface area contributed by atoms with Crippen LogP contribution >= 0.6 is 0 Å². The molecular formula is C8H11NO3S. The van der Waals surface area contributed by atoms with Crippen LogP contribution in [0.2, 0.25) is 0 Å². The first-order valence-corrected chi connectivity index (χ1v) is 5.41. The van der Waals surface area contributed by atoms with Gasteiger partial charge in [-0.2, -0.15) is 0 Å². The van der Waals surface area contributed by atoms with E-state index >= 15 is 0 Å². The lowest BCUT2D eigenvalue weighted by atomic mass is 10.2. The molecule has 0 unspecified atom stereocenters. The van der Waals surface area contributed by atoms with E-state index in [9.17, 15) is 13.2 Å². The van der Waals surface area contributed by atoms with E-state index < -0.39 is 15.9 Å². The summed E-state index contributed by atoms with van der Waals surface area (Å²) in [5.74, 6) is -0.570. The van der Waals surface area contributed by atoms with Crippen LogP contribution in [0.3, 0.4) is 0 Å². The molecule has 0 aliphatic heterocycles. The predicted octanol–water partition coefficient (Wildman–Crippen LogP) is 0.686. The van der Waals surface area contributed by atoms with Crippen LogP contribution in [0.15, 0.2) is 23.1 Å². The number of rotatable bonds is 2. The molecule has 0 fully saturated rings. The second-order valence-electron chi connectivity index (χ2n) is 2.75. The van der Waals surface area contributed by atoms with Gasteiger partial charge in [0.2, 0.25) is 5.91 Å². The fourth-order valence-electron chi connectivity index (χ4n) is 1.04. The van der Waals surface area contributed by atoms with Crippen molar-refractivity contribution in [3.8, 4) is 0 Å². The summed E-state index contributed by atoms with van der Waals surface area (Å²) in [4.78, 5) is 10.7. The molecule has 0 aromatic carbocycles. The van der Waals surface area contributed by atoms with Gasteiger partial charge in [0, 0.05) is 6.92 Å². The van der Waals surface area contributed by atoms with Crippen LogP contribution in [0.1, 0.15) is 19.8 Å².